The van der Waals surface area contributed by atoms with E-state index in [0.717, 1.165) is 18.4 Å². The molecule has 4 rings (SSSR count). The zero-order valence-corrected chi connectivity index (χ0v) is 18.2. The number of amides is 2. The van der Waals surface area contributed by atoms with E-state index in [1.54, 1.807) is 23.2 Å². The van der Waals surface area contributed by atoms with E-state index in [2.05, 4.69) is 21.6 Å². The number of hydrogen-bond acceptors (Lipinski definition) is 4. The van der Waals surface area contributed by atoms with Crippen LogP contribution in [-0.2, 0) is 0 Å². The molecule has 0 bridgehead atoms. The second-order valence-electron chi connectivity index (χ2n) is 8.53. The number of hydrogen-bond donors (Lipinski definition) is 1. The molecular weight excluding hydrogens is 433 g/mol. The molecule has 2 amide bonds. The monoisotopic (exact) mass is 460 g/mol. The molecule has 176 valence electrons. The van der Waals surface area contributed by atoms with Crippen LogP contribution in [0.4, 0.5) is 23.8 Å². The van der Waals surface area contributed by atoms with Crippen molar-refractivity contribution in [2.75, 3.05) is 18.4 Å². The van der Waals surface area contributed by atoms with E-state index >= 15 is 0 Å². The summed E-state index contributed by atoms with van der Waals surface area (Å²) in [5.74, 6) is -0.102. The average molecular weight is 461 g/mol. The van der Waals surface area contributed by atoms with Gasteiger partial charge in [-0.3, -0.25) is 5.32 Å². The Hall–Kier alpha value is -3.10. The van der Waals surface area contributed by atoms with E-state index in [1.165, 1.54) is 5.57 Å². The van der Waals surface area contributed by atoms with Crippen LogP contribution < -0.4 is 10.1 Å². The highest BCUT2D eigenvalue weighted by molar-refractivity contribution is 5.88. The van der Waals surface area contributed by atoms with Crippen LogP contribution in [0, 0.1) is 5.92 Å². The van der Waals surface area contributed by atoms with Gasteiger partial charge >= 0.3 is 12.2 Å². The van der Waals surface area contributed by atoms with Crippen molar-refractivity contribution < 1.29 is 22.7 Å². The Labute approximate surface area is 190 Å². The molecule has 2 fully saturated rings. The molecule has 33 heavy (non-hydrogen) atoms. The third-order valence-electron chi connectivity index (χ3n) is 6.17. The highest BCUT2D eigenvalue weighted by atomic mass is 19.4. The number of carbonyl (C=O) groups excluding carboxylic acids is 1. The van der Waals surface area contributed by atoms with Gasteiger partial charge in [0.05, 0.1) is 12.0 Å². The predicted molar refractivity (Wildman–Crippen MR) is 119 cm³/mol. The van der Waals surface area contributed by atoms with Crippen LogP contribution in [0.15, 0.2) is 48.2 Å². The topological polar surface area (TPSA) is 67.4 Å². The molecule has 2 heterocycles. The zero-order valence-electron chi connectivity index (χ0n) is 18.2. The fourth-order valence-corrected chi connectivity index (χ4v) is 4.31. The van der Waals surface area contributed by atoms with Gasteiger partial charge in [-0.25, -0.2) is 4.79 Å². The molecule has 1 aromatic carbocycles. The van der Waals surface area contributed by atoms with Crippen LogP contribution in [0.25, 0.3) is 6.08 Å². The number of urea groups is 1. The van der Waals surface area contributed by atoms with Crippen molar-refractivity contribution in [1.29, 1.82) is 0 Å². The van der Waals surface area contributed by atoms with Crippen LogP contribution >= 0.6 is 0 Å². The first-order valence-electron chi connectivity index (χ1n) is 11.2. The molecule has 1 saturated carbocycles. The van der Waals surface area contributed by atoms with E-state index in [4.69, 9.17) is 4.74 Å². The summed E-state index contributed by atoms with van der Waals surface area (Å²) < 4.78 is 44.6. The first-order chi connectivity index (χ1) is 15.9. The van der Waals surface area contributed by atoms with Crippen molar-refractivity contribution in [3.05, 3.63) is 53.7 Å². The summed E-state index contributed by atoms with van der Waals surface area (Å²) in [5.41, 5.74) is 2.23. The zero-order chi connectivity index (χ0) is 23.3. The van der Waals surface area contributed by atoms with E-state index in [0.29, 0.717) is 37.5 Å². The molecule has 1 saturated heterocycles. The number of likely N-dealkylation sites (tertiary alicyclic amines) is 1. The third kappa shape index (κ3) is 6.46. The van der Waals surface area contributed by atoms with Crippen molar-refractivity contribution in [3.63, 3.8) is 0 Å². The lowest BCUT2D eigenvalue weighted by molar-refractivity contribution is -0.185. The highest BCUT2D eigenvalue weighted by Crippen LogP contribution is 2.38. The average Bonchev–Trinajstić information content (AvgIpc) is 2.80. The van der Waals surface area contributed by atoms with Crippen LogP contribution in [-0.4, -0.2) is 46.5 Å². The molecule has 0 radical (unpaired) electrons. The number of piperidine rings is 1. The Morgan fingerprint density at radius 3 is 2.52 bits per heavy atom. The van der Waals surface area contributed by atoms with E-state index < -0.39 is 12.1 Å². The number of aromatic nitrogens is 2. The standard InChI is InChI=1S/C24H27F3N4O2/c25-24(26,27)19-6-8-20(9-7-19)33-21-4-1-3-18(16-21)15-17-10-13-31(14-11-17)23(32)29-22-5-2-12-28-30-22/h1-5,12,15-16,19-20H,6-11,13-14H2,(H,29,30,32). The first kappa shape index (κ1) is 23.1. The van der Waals surface area contributed by atoms with E-state index in [1.807, 2.05) is 24.3 Å². The number of ether oxygens (including phenoxy) is 1. The molecule has 0 atom stereocenters. The minimum atomic E-state index is -4.11. The summed E-state index contributed by atoms with van der Waals surface area (Å²) in [6.07, 6.45) is 1.98. The third-order valence-corrected chi connectivity index (χ3v) is 6.17. The molecule has 6 nitrogen and oxygen atoms in total. The van der Waals surface area contributed by atoms with Gasteiger partial charge in [-0.1, -0.05) is 23.8 Å². The number of nitrogens with zero attached hydrogens (tertiary/aromatic N) is 3. The molecule has 1 N–H and O–H groups in total. The van der Waals surface area contributed by atoms with Gasteiger partial charge in [0.25, 0.3) is 0 Å². The smallest absolute Gasteiger partial charge is 0.391 e. The van der Waals surface area contributed by atoms with Crippen LogP contribution in [0.5, 0.6) is 5.75 Å². The van der Waals surface area contributed by atoms with Crippen molar-refractivity contribution in [1.82, 2.24) is 15.1 Å². The Morgan fingerprint density at radius 1 is 1.09 bits per heavy atom. The Balaban J connectivity index is 1.28. The number of nitrogens with one attached hydrogen (secondary N) is 1. The summed E-state index contributed by atoms with van der Waals surface area (Å²) in [5, 5.41) is 10.4. The summed E-state index contributed by atoms with van der Waals surface area (Å²) in [6, 6.07) is 10.9. The number of benzene rings is 1. The van der Waals surface area contributed by atoms with Gasteiger partial charge in [0.15, 0.2) is 5.82 Å². The first-order valence-corrected chi connectivity index (χ1v) is 11.2. The summed E-state index contributed by atoms with van der Waals surface area (Å²) >= 11 is 0. The molecule has 2 aromatic rings. The lowest BCUT2D eigenvalue weighted by Gasteiger charge is -2.30. The van der Waals surface area contributed by atoms with Crippen molar-refractivity contribution in [2.45, 2.75) is 50.8 Å². The number of rotatable bonds is 4. The predicted octanol–water partition coefficient (Wildman–Crippen LogP) is 5.69. The Morgan fingerprint density at radius 2 is 1.85 bits per heavy atom. The van der Waals surface area contributed by atoms with Crippen LogP contribution in [0.3, 0.4) is 0 Å². The van der Waals surface area contributed by atoms with Crippen molar-refractivity contribution >= 4 is 17.9 Å². The fourth-order valence-electron chi connectivity index (χ4n) is 4.31. The number of carbonyl (C=O) groups is 1. The number of anilines is 1. The van der Waals surface area contributed by atoms with Gasteiger partial charge in [-0.05, 0) is 68.4 Å². The second kappa shape index (κ2) is 10.2. The second-order valence-corrected chi connectivity index (χ2v) is 8.53. The van der Waals surface area contributed by atoms with E-state index in [9.17, 15) is 18.0 Å². The fraction of sp³-hybridized carbons (Fsp3) is 0.458. The van der Waals surface area contributed by atoms with E-state index in [-0.39, 0.29) is 25.0 Å². The van der Waals surface area contributed by atoms with Crippen LogP contribution in [0.1, 0.15) is 44.1 Å². The van der Waals surface area contributed by atoms with Gasteiger partial charge in [0, 0.05) is 19.3 Å². The van der Waals surface area contributed by atoms with Gasteiger partial charge in [0.1, 0.15) is 5.75 Å². The normalized spacial score (nSPS) is 21.4. The summed E-state index contributed by atoms with van der Waals surface area (Å²) in [7, 11) is 0. The lowest BCUT2D eigenvalue weighted by atomic mass is 9.87. The van der Waals surface area contributed by atoms with Gasteiger partial charge < -0.3 is 9.64 Å². The minimum absolute atomic E-state index is 0.124. The minimum Gasteiger partial charge on any atom is -0.490 e. The molecule has 0 unspecified atom stereocenters. The molecule has 0 spiro atoms. The summed E-state index contributed by atoms with van der Waals surface area (Å²) in [6.45, 7) is 1.22. The summed E-state index contributed by atoms with van der Waals surface area (Å²) in [4.78, 5) is 14.1. The number of halogens is 3. The van der Waals surface area contributed by atoms with Crippen molar-refractivity contribution in [3.8, 4) is 5.75 Å². The lowest BCUT2D eigenvalue weighted by Crippen LogP contribution is -2.39. The molecule has 2 aliphatic rings. The van der Waals surface area contributed by atoms with Gasteiger partial charge in [-0.2, -0.15) is 18.3 Å². The van der Waals surface area contributed by atoms with Crippen molar-refractivity contribution in [2.24, 2.45) is 5.92 Å². The maximum absolute atomic E-state index is 12.9. The quantitative estimate of drug-likeness (QED) is 0.637. The molecular formula is C24H27F3N4O2. The molecule has 1 aliphatic heterocycles. The molecule has 1 aliphatic carbocycles. The molecule has 1 aromatic heterocycles. The van der Waals surface area contributed by atoms with Crippen LogP contribution in [0.2, 0.25) is 0 Å². The maximum Gasteiger partial charge on any atom is 0.391 e. The highest BCUT2D eigenvalue weighted by Gasteiger charge is 2.41. The Bertz CT molecular complexity index is 963. The molecule has 9 heteroatoms. The Kier molecular flexibility index (Phi) is 7.15. The maximum atomic E-state index is 12.9. The number of alkyl halides is 3. The van der Waals surface area contributed by atoms with Gasteiger partial charge in [-0.15, -0.1) is 5.10 Å². The largest absolute Gasteiger partial charge is 0.490 e. The SMILES string of the molecule is O=C(Nc1cccnn1)N1CCC(=Cc2cccc(OC3CCC(C(F)(F)F)CC3)c2)CC1. The van der Waals surface area contributed by atoms with Gasteiger partial charge in [0.2, 0.25) is 0 Å².